The van der Waals surface area contributed by atoms with E-state index in [4.69, 9.17) is 8.92 Å². The molecule has 1 saturated carbocycles. The summed E-state index contributed by atoms with van der Waals surface area (Å²) in [5.74, 6) is -0.182. The minimum Gasteiger partial charge on any atom is -0.459 e. The number of hydrogen-bond donors (Lipinski definition) is 0. The predicted octanol–water partition coefficient (Wildman–Crippen LogP) is 2.97. The maximum atomic E-state index is 12.2. The molecule has 1 aromatic carbocycles. The van der Waals surface area contributed by atoms with Crippen LogP contribution in [0.4, 0.5) is 0 Å². The van der Waals surface area contributed by atoms with E-state index in [1.165, 1.54) is 12.1 Å². The molecule has 0 bridgehead atoms. The number of carbonyl (C=O) groups excluding carboxylic acids is 1. The van der Waals surface area contributed by atoms with Crippen molar-refractivity contribution in [2.75, 3.05) is 6.61 Å². The van der Waals surface area contributed by atoms with Crippen LogP contribution in [0.25, 0.3) is 0 Å². The second kappa shape index (κ2) is 6.24. The topological polar surface area (TPSA) is 69.7 Å². The highest BCUT2D eigenvalue weighted by Gasteiger charge is 2.49. The van der Waals surface area contributed by atoms with E-state index in [0.717, 1.165) is 37.7 Å². The zero-order valence-electron chi connectivity index (χ0n) is 13.3. The van der Waals surface area contributed by atoms with Gasteiger partial charge >= 0.3 is 5.97 Å². The molecule has 1 spiro atoms. The molecule has 23 heavy (non-hydrogen) atoms. The van der Waals surface area contributed by atoms with Crippen LogP contribution in [0.5, 0.6) is 0 Å². The van der Waals surface area contributed by atoms with Crippen LogP contribution in [0.2, 0.25) is 0 Å². The lowest BCUT2D eigenvalue weighted by Crippen LogP contribution is -2.29. The predicted molar refractivity (Wildman–Crippen MR) is 84.3 cm³/mol. The monoisotopic (exact) mass is 338 g/mol. The molecule has 2 aliphatic rings. The van der Waals surface area contributed by atoms with Crippen molar-refractivity contribution in [3.05, 3.63) is 29.8 Å². The summed E-state index contributed by atoms with van der Waals surface area (Å²) in [6.07, 6.45) is 4.99. The van der Waals surface area contributed by atoms with Crippen molar-refractivity contribution in [1.29, 1.82) is 0 Å². The summed E-state index contributed by atoms with van der Waals surface area (Å²) in [5.41, 5.74) is 0.577. The third-order valence-corrected chi connectivity index (χ3v) is 6.15. The summed E-state index contributed by atoms with van der Waals surface area (Å²) in [5, 5.41) is 0. The van der Waals surface area contributed by atoms with Gasteiger partial charge in [-0.2, -0.15) is 8.42 Å². The molecule has 1 heterocycles. The van der Waals surface area contributed by atoms with E-state index in [1.807, 2.05) is 6.92 Å². The average molecular weight is 338 g/mol. The van der Waals surface area contributed by atoms with Gasteiger partial charge in [-0.15, -0.1) is 0 Å². The number of cyclic esters (lactones) is 1. The van der Waals surface area contributed by atoms with Crippen molar-refractivity contribution >= 4 is 16.1 Å². The maximum Gasteiger partial charge on any atom is 0.312 e. The highest BCUT2D eigenvalue weighted by Crippen LogP contribution is 2.46. The average Bonchev–Trinajstić information content (AvgIpc) is 2.82. The van der Waals surface area contributed by atoms with Crippen LogP contribution in [0.15, 0.2) is 29.2 Å². The van der Waals surface area contributed by atoms with Gasteiger partial charge in [0.1, 0.15) is 12.7 Å². The molecule has 3 rings (SSSR count). The van der Waals surface area contributed by atoms with E-state index in [0.29, 0.717) is 6.42 Å². The molecule has 0 aromatic heterocycles. The Hall–Kier alpha value is -1.40. The van der Waals surface area contributed by atoms with E-state index >= 15 is 0 Å². The maximum absolute atomic E-state index is 12.2. The van der Waals surface area contributed by atoms with Gasteiger partial charge < -0.3 is 4.74 Å². The zero-order valence-corrected chi connectivity index (χ0v) is 14.1. The van der Waals surface area contributed by atoms with Crippen molar-refractivity contribution in [2.45, 2.75) is 56.4 Å². The molecule has 0 amide bonds. The van der Waals surface area contributed by atoms with Crippen molar-refractivity contribution < 1.29 is 22.1 Å². The Morgan fingerprint density at radius 3 is 2.48 bits per heavy atom. The molecular weight excluding hydrogens is 316 g/mol. The number of carbonyl (C=O) groups is 1. The molecule has 2 fully saturated rings. The molecule has 126 valence electrons. The molecule has 1 aromatic rings. The van der Waals surface area contributed by atoms with Gasteiger partial charge in [-0.25, -0.2) is 0 Å². The third-order valence-electron chi connectivity index (χ3n) is 4.85. The number of esters is 1. The van der Waals surface area contributed by atoms with Gasteiger partial charge in [0.25, 0.3) is 10.1 Å². The lowest BCUT2D eigenvalue weighted by molar-refractivity contribution is -0.150. The lowest BCUT2D eigenvalue weighted by atomic mass is 9.72. The fraction of sp³-hybridized carbons (Fsp3) is 0.588. The summed E-state index contributed by atoms with van der Waals surface area (Å²) in [7, 11) is -3.82. The minimum absolute atomic E-state index is 0.107. The van der Waals surface area contributed by atoms with Gasteiger partial charge in [0.05, 0.1) is 10.3 Å². The largest absolute Gasteiger partial charge is 0.459 e. The summed E-state index contributed by atoms with van der Waals surface area (Å²) in [6.45, 7) is 1.78. The smallest absolute Gasteiger partial charge is 0.312 e. The van der Waals surface area contributed by atoms with E-state index in [-0.39, 0.29) is 17.5 Å². The van der Waals surface area contributed by atoms with Crippen LogP contribution >= 0.6 is 0 Å². The van der Waals surface area contributed by atoms with Crippen LogP contribution in [0.3, 0.4) is 0 Å². The van der Waals surface area contributed by atoms with Crippen LogP contribution in [-0.4, -0.2) is 27.1 Å². The lowest BCUT2D eigenvalue weighted by Gasteiger charge is -2.28. The number of ether oxygens (including phenoxy) is 1. The van der Waals surface area contributed by atoms with E-state index in [1.54, 1.807) is 12.1 Å². The summed E-state index contributed by atoms with van der Waals surface area (Å²) < 4.78 is 34.9. The normalized spacial score (nSPS) is 23.9. The van der Waals surface area contributed by atoms with Crippen molar-refractivity contribution in [1.82, 2.24) is 0 Å². The van der Waals surface area contributed by atoms with E-state index in [2.05, 4.69) is 0 Å². The molecule has 1 atom stereocenters. The van der Waals surface area contributed by atoms with Crippen molar-refractivity contribution in [3.63, 3.8) is 0 Å². The van der Waals surface area contributed by atoms with Crippen LogP contribution < -0.4 is 0 Å². The van der Waals surface area contributed by atoms with Gasteiger partial charge in [-0.1, -0.05) is 37.0 Å². The van der Waals surface area contributed by atoms with Crippen LogP contribution in [-0.2, 0) is 23.8 Å². The van der Waals surface area contributed by atoms with Gasteiger partial charge in [-0.3, -0.25) is 8.98 Å². The first-order chi connectivity index (χ1) is 10.9. The Labute approximate surface area is 137 Å². The Bertz CT molecular complexity index is 671. The number of rotatable bonds is 4. The standard InChI is InChI=1S/C17H22O5S/c1-13-5-7-15(8-6-13)23(19,20)21-12-14-11-17(16(18)22-14)9-3-2-4-10-17/h5-8,14H,2-4,9-12H2,1H3/t14-/m0/s1. The molecule has 0 unspecified atom stereocenters. The van der Waals surface area contributed by atoms with Gasteiger partial charge in [-0.05, 0) is 31.9 Å². The first-order valence-electron chi connectivity index (χ1n) is 8.09. The Balaban J connectivity index is 1.62. The fourth-order valence-corrected chi connectivity index (χ4v) is 4.44. The molecular formula is C17H22O5S. The van der Waals surface area contributed by atoms with E-state index in [9.17, 15) is 13.2 Å². The van der Waals surface area contributed by atoms with Crippen LogP contribution in [0.1, 0.15) is 44.1 Å². The number of hydrogen-bond acceptors (Lipinski definition) is 5. The highest BCUT2D eigenvalue weighted by atomic mass is 32.2. The molecule has 5 nitrogen and oxygen atoms in total. The summed E-state index contributed by atoms with van der Waals surface area (Å²) in [4.78, 5) is 12.3. The fourth-order valence-electron chi connectivity index (χ4n) is 3.51. The van der Waals surface area contributed by atoms with Gasteiger partial charge in [0, 0.05) is 6.42 Å². The third kappa shape index (κ3) is 3.43. The molecule has 6 heteroatoms. The van der Waals surface area contributed by atoms with Crippen molar-refractivity contribution in [2.24, 2.45) is 5.41 Å². The summed E-state index contributed by atoms with van der Waals surface area (Å²) >= 11 is 0. The van der Waals surface area contributed by atoms with Crippen LogP contribution in [0, 0.1) is 12.3 Å². The number of aryl methyl sites for hydroxylation is 1. The SMILES string of the molecule is Cc1ccc(S(=O)(=O)OC[C@@H]2CC3(CCCCC3)C(=O)O2)cc1. The Kier molecular flexibility index (Phi) is 4.47. The quantitative estimate of drug-likeness (QED) is 0.623. The Morgan fingerprint density at radius 1 is 1.17 bits per heavy atom. The van der Waals surface area contributed by atoms with Crippen molar-refractivity contribution in [3.8, 4) is 0 Å². The molecule has 0 N–H and O–H groups in total. The minimum atomic E-state index is -3.82. The second-order valence-electron chi connectivity index (χ2n) is 6.62. The van der Waals surface area contributed by atoms with Gasteiger partial charge in [0.2, 0.25) is 0 Å². The first-order valence-corrected chi connectivity index (χ1v) is 9.49. The molecule has 1 aliphatic heterocycles. The molecule has 1 aliphatic carbocycles. The first kappa shape index (κ1) is 16.5. The van der Waals surface area contributed by atoms with Gasteiger partial charge in [0.15, 0.2) is 0 Å². The Morgan fingerprint density at radius 2 is 1.83 bits per heavy atom. The number of benzene rings is 1. The highest BCUT2D eigenvalue weighted by molar-refractivity contribution is 7.86. The summed E-state index contributed by atoms with van der Waals surface area (Å²) in [6, 6.07) is 6.49. The molecule has 1 saturated heterocycles. The second-order valence-corrected chi connectivity index (χ2v) is 8.24. The van der Waals surface area contributed by atoms with E-state index < -0.39 is 21.6 Å². The molecule has 0 radical (unpaired) electrons. The zero-order chi connectivity index (χ0) is 16.5.